The van der Waals surface area contributed by atoms with Gasteiger partial charge in [-0.3, -0.25) is 0 Å². The summed E-state index contributed by atoms with van der Waals surface area (Å²) in [6.45, 7) is 6.02. The fraction of sp³-hybridized carbons (Fsp3) is 0.235. The Morgan fingerprint density at radius 2 is 2.00 bits per heavy atom. The van der Waals surface area contributed by atoms with E-state index >= 15 is 0 Å². The molecule has 0 radical (unpaired) electrons. The molecule has 2 aromatic carbocycles. The van der Waals surface area contributed by atoms with Gasteiger partial charge in [0.25, 0.3) is 0 Å². The largest absolute Gasteiger partial charge is 0.399 e. The van der Waals surface area contributed by atoms with Gasteiger partial charge in [0.1, 0.15) is 0 Å². The van der Waals surface area contributed by atoms with E-state index in [0.29, 0.717) is 0 Å². The van der Waals surface area contributed by atoms with Crippen molar-refractivity contribution in [3.8, 4) is 0 Å². The molecule has 0 fully saturated rings. The number of aromatic amines is 1. The summed E-state index contributed by atoms with van der Waals surface area (Å²) < 4.78 is 0. The van der Waals surface area contributed by atoms with E-state index in [1.807, 2.05) is 18.2 Å². The van der Waals surface area contributed by atoms with Crippen LogP contribution in [0.5, 0.6) is 0 Å². The van der Waals surface area contributed by atoms with Gasteiger partial charge < -0.3 is 15.6 Å². The second-order valence-electron chi connectivity index (χ2n) is 5.28. The Hall–Kier alpha value is -2.49. The Bertz CT molecular complexity index is 760. The molecule has 0 aliphatic rings. The molecular weight excluding hydrogens is 260 g/mol. The molecule has 3 rings (SSSR count). The van der Waals surface area contributed by atoms with E-state index in [2.05, 4.69) is 53.0 Å². The number of fused-ring (bicyclic) bond motifs is 1. The first-order chi connectivity index (χ1) is 10.2. The average molecular weight is 280 g/mol. The highest BCUT2D eigenvalue weighted by Gasteiger charge is 2.11. The Kier molecular flexibility index (Phi) is 3.52. The van der Waals surface area contributed by atoms with Crippen LogP contribution >= 0.6 is 0 Å². The smallest absolute Gasteiger partial charge is 0.204 e. The van der Waals surface area contributed by atoms with Gasteiger partial charge in [0.05, 0.1) is 11.0 Å². The van der Waals surface area contributed by atoms with Crippen molar-refractivity contribution < 1.29 is 0 Å². The molecule has 0 spiro atoms. The Morgan fingerprint density at radius 3 is 2.76 bits per heavy atom. The topological polar surface area (TPSA) is 57.9 Å². The van der Waals surface area contributed by atoms with Crippen molar-refractivity contribution in [1.29, 1.82) is 0 Å². The lowest BCUT2D eigenvalue weighted by atomic mass is 10.1. The Labute approximate surface area is 124 Å². The van der Waals surface area contributed by atoms with E-state index in [9.17, 15) is 0 Å². The molecule has 4 nitrogen and oxygen atoms in total. The summed E-state index contributed by atoms with van der Waals surface area (Å²) in [5, 5.41) is 0. The molecule has 1 aromatic heterocycles. The monoisotopic (exact) mass is 280 g/mol. The number of hydrogen-bond donors (Lipinski definition) is 2. The highest BCUT2D eigenvalue weighted by molar-refractivity contribution is 5.80. The number of imidazole rings is 1. The number of rotatable bonds is 4. The van der Waals surface area contributed by atoms with Gasteiger partial charge in [-0.2, -0.15) is 0 Å². The fourth-order valence-electron chi connectivity index (χ4n) is 2.49. The van der Waals surface area contributed by atoms with E-state index in [0.717, 1.165) is 35.8 Å². The maximum absolute atomic E-state index is 5.82. The number of anilines is 2. The van der Waals surface area contributed by atoms with Gasteiger partial charge in [0.2, 0.25) is 5.95 Å². The molecule has 0 amide bonds. The van der Waals surface area contributed by atoms with Gasteiger partial charge in [-0.05, 0) is 43.2 Å². The predicted octanol–water partition coefficient (Wildman–Crippen LogP) is 3.48. The molecular formula is C17H20N4. The van der Waals surface area contributed by atoms with Crippen molar-refractivity contribution in [3.63, 3.8) is 0 Å². The summed E-state index contributed by atoms with van der Waals surface area (Å²) in [6, 6.07) is 14.2. The van der Waals surface area contributed by atoms with E-state index in [1.165, 1.54) is 11.1 Å². The molecule has 0 aliphatic carbocycles. The number of nitrogens with two attached hydrogens (primary N) is 1. The summed E-state index contributed by atoms with van der Waals surface area (Å²) in [5.41, 5.74) is 11.1. The molecule has 0 bridgehead atoms. The zero-order chi connectivity index (χ0) is 14.8. The molecule has 21 heavy (non-hydrogen) atoms. The summed E-state index contributed by atoms with van der Waals surface area (Å²) >= 11 is 0. The molecule has 4 heteroatoms. The van der Waals surface area contributed by atoms with Crippen molar-refractivity contribution in [2.24, 2.45) is 0 Å². The van der Waals surface area contributed by atoms with Crippen molar-refractivity contribution in [3.05, 3.63) is 53.6 Å². The van der Waals surface area contributed by atoms with Crippen LogP contribution in [-0.4, -0.2) is 16.5 Å². The number of aromatic nitrogens is 2. The number of hydrogen-bond acceptors (Lipinski definition) is 3. The average Bonchev–Trinajstić information content (AvgIpc) is 2.89. The van der Waals surface area contributed by atoms with Crippen molar-refractivity contribution in [1.82, 2.24) is 9.97 Å². The van der Waals surface area contributed by atoms with Crippen LogP contribution < -0.4 is 10.6 Å². The highest BCUT2D eigenvalue weighted by Crippen LogP contribution is 2.21. The van der Waals surface area contributed by atoms with Crippen molar-refractivity contribution >= 4 is 22.7 Å². The van der Waals surface area contributed by atoms with Crippen LogP contribution in [0.3, 0.4) is 0 Å². The number of nitrogen functional groups attached to an aromatic ring is 1. The molecule has 0 saturated carbocycles. The third-order valence-electron chi connectivity index (χ3n) is 3.80. The minimum atomic E-state index is 0.750. The maximum atomic E-state index is 5.82. The van der Waals surface area contributed by atoms with Gasteiger partial charge in [0, 0.05) is 18.8 Å². The summed E-state index contributed by atoms with van der Waals surface area (Å²) in [6.07, 6.45) is 0. The lowest BCUT2D eigenvalue weighted by Gasteiger charge is -2.21. The van der Waals surface area contributed by atoms with Crippen LogP contribution in [-0.2, 0) is 6.54 Å². The second-order valence-corrected chi connectivity index (χ2v) is 5.28. The summed E-state index contributed by atoms with van der Waals surface area (Å²) in [5.74, 6) is 0.890. The van der Waals surface area contributed by atoms with E-state index < -0.39 is 0 Å². The number of benzene rings is 2. The summed E-state index contributed by atoms with van der Waals surface area (Å²) in [7, 11) is 0. The molecule has 108 valence electrons. The SMILES string of the molecule is CCN(Cc1ccccc1C)c1nc2ccc(N)cc2[nH]1. The zero-order valence-corrected chi connectivity index (χ0v) is 12.4. The minimum Gasteiger partial charge on any atom is -0.399 e. The first-order valence-corrected chi connectivity index (χ1v) is 7.22. The van der Waals surface area contributed by atoms with Crippen molar-refractivity contribution in [2.45, 2.75) is 20.4 Å². The molecule has 0 aliphatic heterocycles. The normalized spacial score (nSPS) is 11.0. The first-order valence-electron chi connectivity index (χ1n) is 7.22. The van der Waals surface area contributed by atoms with E-state index in [1.54, 1.807) is 0 Å². The van der Waals surface area contributed by atoms with Crippen LogP contribution in [0.1, 0.15) is 18.1 Å². The van der Waals surface area contributed by atoms with E-state index in [-0.39, 0.29) is 0 Å². The van der Waals surface area contributed by atoms with Gasteiger partial charge in [-0.1, -0.05) is 24.3 Å². The standard InChI is InChI=1S/C17H20N4/c1-3-21(11-13-7-5-4-6-12(13)2)17-19-15-9-8-14(18)10-16(15)20-17/h4-10H,3,11,18H2,1-2H3,(H,19,20). The minimum absolute atomic E-state index is 0.750. The number of aryl methyl sites for hydroxylation is 1. The van der Waals surface area contributed by atoms with Gasteiger partial charge >= 0.3 is 0 Å². The zero-order valence-electron chi connectivity index (χ0n) is 12.4. The van der Waals surface area contributed by atoms with Crippen LogP contribution in [0.2, 0.25) is 0 Å². The fourth-order valence-corrected chi connectivity index (χ4v) is 2.49. The van der Waals surface area contributed by atoms with E-state index in [4.69, 9.17) is 5.73 Å². The number of nitrogens with one attached hydrogen (secondary N) is 1. The van der Waals surface area contributed by atoms with Crippen LogP contribution in [0.15, 0.2) is 42.5 Å². The lowest BCUT2D eigenvalue weighted by molar-refractivity contribution is 0.799. The molecule has 3 aromatic rings. The maximum Gasteiger partial charge on any atom is 0.204 e. The second kappa shape index (κ2) is 5.48. The van der Waals surface area contributed by atoms with Gasteiger partial charge in [-0.15, -0.1) is 0 Å². The third kappa shape index (κ3) is 2.70. The Morgan fingerprint density at radius 1 is 1.19 bits per heavy atom. The summed E-state index contributed by atoms with van der Waals surface area (Å²) in [4.78, 5) is 10.3. The lowest BCUT2D eigenvalue weighted by Crippen LogP contribution is -2.23. The third-order valence-corrected chi connectivity index (χ3v) is 3.80. The molecule has 0 unspecified atom stereocenters. The number of H-pyrrole nitrogens is 1. The van der Waals surface area contributed by atoms with Crippen LogP contribution in [0.25, 0.3) is 11.0 Å². The number of nitrogens with zero attached hydrogens (tertiary/aromatic N) is 2. The molecule has 3 N–H and O–H groups in total. The molecule has 0 saturated heterocycles. The van der Waals surface area contributed by atoms with Crippen molar-refractivity contribution in [2.75, 3.05) is 17.2 Å². The first kappa shape index (κ1) is 13.5. The predicted molar refractivity (Wildman–Crippen MR) is 88.4 cm³/mol. The molecule has 0 atom stereocenters. The van der Waals surface area contributed by atoms with Crippen LogP contribution in [0, 0.1) is 6.92 Å². The van der Waals surface area contributed by atoms with Gasteiger partial charge in [-0.25, -0.2) is 4.98 Å². The van der Waals surface area contributed by atoms with Gasteiger partial charge in [0.15, 0.2) is 0 Å². The quantitative estimate of drug-likeness (QED) is 0.719. The van der Waals surface area contributed by atoms with Crippen LogP contribution in [0.4, 0.5) is 11.6 Å². The highest BCUT2D eigenvalue weighted by atomic mass is 15.3. The Balaban J connectivity index is 1.93. The molecule has 1 heterocycles.